The number of benzene rings is 1. The zero-order valence-electron chi connectivity index (χ0n) is 8.73. The van der Waals surface area contributed by atoms with Gasteiger partial charge >= 0.3 is 0 Å². The van der Waals surface area contributed by atoms with Gasteiger partial charge in [-0.1, -0.05) is 11.2 Å². The molecule has 0 saturated heterocycles. The van der Waals surface area contributed by atoms with E-state index < -0.39 is 0 Å². The van der Waals surface area contributed by atoms with E-state index in [4.69, 9.17) is 5.73 Å². The molecule has 1 aromatic carbocycles. The molecule has 5 nitrogen and oxygen atoms in total. The van der Waals surface area contributed by atoms with Crippen LogP contribution in [0, 0.1) is 6.92 Å². The Morgan fingerprint density at radius 1 is 1.44 bits per heavy atom. The van der Waals surface area contributed by atoms with Gasteiger partial charge in [-0.05, 0) is 24.6 Å². The highest BCUT2D eigenvalue weighted by Gasteiger charge is 2.08. The summed E-state index contributed by atoms with van der Waals surface area (Å²) in [6, 6.07) is 6.70. The molecular weight excluding hydrogens is 206 g/mol. The van der Waals surface area contributed by atoms with Gasteiger partial charge in [-0.3, -0.25) is 4.79 Å². The Morgan fingerprint density at radius 3 is 2.88 bits per heavy atom. The maximum atomic E-state index is 11.7. The topological polar surface area (TPSA) is 81.2 Å². The third kappa shape index (κ3) is 2.03. The summed E-state index contributed by atoms with van der Waals surface area (Å²) in [6.45, 7) is 1.88. The van der Waals surface area contributed by atoms with Crippen molar-refractivity contribution in [2.75, 3.05) is 11.1 Å². The van der Waals surface area contributed by atoms with E-state index in [1.54, 1.807) is 24.3 Å². The first-order valence-electron chi connectivity index (χ1n) is 4.74. The lowest BCUT2D eigenvalue weighted by molar-refractivity contribution is 0.102. The second-order valence-corrected chi connectivity index (χ2v) is 3.41. The number of nitrogen functional groups attached to an aromatic ring is 1. The van der Waals surface area contributed by atoms with Gasteiger partial charge in [0, 0.05) is 17.3 Å². The van der Waals surface area contributed by atoms with E-state index >= 15 is 0 Å². The fourth-order valence-electron chi connectivity index (χ4n) is 1.25. The van der Waals surface area contributed by atoms with Crippen molar-refractivity contribution in [2.24, 2.45) is 0 Å². The van der Waals surface area contributed by atoms with E-state index in [-0.39, 0.29) is 5.91 Å². The number of carbonyl (C=O) groups excluding carboxylic acids is 1. The van der Waals surface area contributed by atoms with Crippen LogP contribution in [0.5, 0.6) is 0 Å². The van der Waals surface area contributed by atoms with Crippen molar-refractivity contribution in [2.45, 2.75) is 6.92 Å². The Bertz CT molecular complexity index is 506. The van der Waals surface area contributed by atoms with E-state index in [2.05, 4.69) is 15.0 Å². The van der Waals surface area contributed by atoms with Crippen molar-refractivity contribution in [3.63, 3.8) is 0 Å². The van der Waals surface area contributed by atoms with Crippen LogP contribution in [0.4, 0.5) is 11.5 Å². The minimum atomic E-state index is -0.263. The van der Waals surface area contributed by atoms with Crippen molar-refractivity contribution in [1.29, 1.82) is 0 Å². The lowest BCUT2D eigenvalue weighted by Gasteiger charge is -2.04. The summed E-state index contributed by atoms with van der Waals surface area (Å²) in [5, 5.41) is 6.17. The van der Waals surface area contributed by atoms with Gasteiger partial charge in [-0.2, -0.15) is 0 Å². The maximum Gasteiger partial charge on any atom is 0.256 e. The quantitative estimate of drug-likeness (QED) is 0.752. The van der Waals surface area contributed by atoms with Crippen LogP contribution in [-0.4, -0.2) is 11.1 Å². The standard InChI is InChI=1S/C11H11N3O2/c1-7-2-3-8(6-9(7)12)11(15)13-10-4-5-16-14-10/h2-6H,12H2,1H3,(H,13,14,15). The van der Waals surface area contributed by atoms with Gasteiger partial charge in [0.25, 0.3) is 5.91 Å². The number of amides is 1. The third-order valence-corrected chi connectivity index (χ3v) is 2.22. The number of nitrogens with two attached hydrogens (primary N) is 1. The van der Waals surface area contributed by atoms with Crippen LogP contribution in [0.1, 0.15) is 15.9 Å². The van der Waals surface area contributed by atoms with Crippen molar-refractivity contribution in [3.05, 3.63) is 41.7 Å². The molecule has 0 aliphatic heterocycles. The molecule has 1 aromatic heterocycles. The number of nitrogens with one attached hydrogen (secondary N) is 1. The Morgan fingerprint density at radius 2 is 2.25 bits per heavy atom. The van der Waals surface area contributed by atoms with E-state index in [0.29, 0.717) is 17.1 Å². The summed E-state index contributed by atoms with van der Waals surface area (Å²) in [5.41, 5.74) is 7.74. The van der Waals surface area contributed by atoms with Gasteiger partial charge in [0.05, 0.1) is 0 Å². The molecule has 0 aliphatic carbocycles. The Hall–Kier alpha value is -2.30. The Kier molecular flexibility index (Phi) is 2.59. The summed E-state index contributed by atoms with van der Waals surface area (Å²) < 4.78 is 4.60. The van der Waals surface area contributed by atoms with Crippen LogP contribution >= 0.6 is 0 Å². The van der Waals surface area contributed by atoms with Crippen LogP contribution in [0.25, 0.3) is 0 Å². The number of anilines is 2. The van der Waals surface area contributed by atoms with Gasteiger partial charge in [0.15, 0.2) is 5.82 Å². The summed E-state index contributed by atoms with van der Waals surface area (Å²) >= 11 is 0. The second-order valence-electron chi connectivity index (χ2n) is 3.41. The average molecular weight is 217 g/mol. The molecule has 0 fully saturated rings. The van der Waals surface area contributed by atoms with Crippen LogP contribution in [0.2, 0.25) is 0 Å². The van der Waals surface area contributed by atoms with Crippen LogP contribution < -0.4 is 11.1 Å². The van der Waals surface area contributed by atoms with E-state index in [9.17, 15) is 4.79 Å². The number of nitrogens with zero attached hydrogens (tertiary/aromatic N) is 1. The average Bonchev–Trinajstić information content (AvgIpc) is 2.74. The molecule has 0 atom stereocenters. The molecule has 0 spiro atoms. The van der Waals surface area contributed by atoms with E-state index in [1.165, 1.54) is 6.26 Å². The number of carbonyl (C=O) groups is 1. The van der Waals surface area contributed by atoms with E-state index in [1.807, 2.05) is 6.92 Å². The minimum absolute atomic E-state index is 0.263. The molecule has 0 bridgehead atoms. The number of aromatic nitrogens is 1. The number of hydrogen-bond acceptors (Lipinski definition) is 4. The first-order chi connectivity index (χ1) is 7.66. The normalized spacial score (nSPS) is 10.1. The summed E-state index contributed by atoms with van der Waals surface area (Å²) in [5.74, 6) is 0.116. The smallest absolute Gasteiger partial charge is 0.256 e. The predicted molar refractivity (Wildman–Crippen MR) is 60.0 cm³/mol. The van der Waals surface area contributed by atoms with Crippen LogP contribution in [-0.2, 0) is 0 Å². The highest BCUT2D eigenvalue weighted by atomic mass is 16.5. The number of rotatable bonds is 2. The zero-order valence-corrected chi connectivity index (χ0v) is 8.73. The SMILES string of the molecule is Cc1ccc(C(=O)Nc2ccon2)cc1N. The highest BCUT2D eigenvalue weighted by Crippen LogP contribution is 2.14. The Balaban J connectivity index is 2.18. The fraction of sp³-hybridized carbons (Fsp3) is 0.0909. The van der Waals surface area contributed by atoms with Crippen molar-refractivity contribution < 1.29 is 9.32 Å². The highest BCUT2D eigenvalue weighted by molar-refractivity contribution is 6.04. The molecule has 0 unspecified atom stereocenters. The van der Waals surface area contributed by atoms with Gasteiger partial charge < -0.3 is 15.6 Å². The molecule has 2 rings (SSSR count). The summed E-state index contributed by atoms with van der Waals surface area (Å²) in [4.78, 5) is 11.7. The van der Waals surface area contributed by atoms with Crippen molar-refractivity contribution in [3.8, 4) is 0 Å². The largest absolute Gasteiger partial charge is 0.398 e. The van der Waals surface area contributed by atoms with Crippen LogP contribution in [0.15, 0.2) is 35.1 Å². The lowest BCUT2D eigenvalue weighted by atomic mass is 10.1. The molecule has 0 aliphatic rings. The molecule has 3 N–H and O–H groups in total. The first kappa shape index (κ1) is 10.2. The third-order valence-electron chi connectivity index (χ3n) is 2.22. The molecule has 0 saturated carbocycles. The monoisotopic (exact) mass is 217 g/mol. The Labute approximate surface area is 92.2 Å². The molecule has 5 heteroatoms. The predicted octanol–water partition coefficient (Wildman–Crippen LogP) is 1.82. The first-order valence-corrected chi connectivity index (χ1v) is 4.74. The molecule has 16 heavy (non-hydrogen) atoms. The lowest BCUT2D eigenvalue weighted by Crippen LogP contribution is -2.12. The fourth-order valence-corrected chi connectivity index (χ4v) is 1.25. The van der Waals surface area contributed by atoms with Gasteiger partial charge in [0.1, 0.15) is 6.26 Å². The van der Waals surface area contributed by atoms with Crippen molar-refractivity contribution in [1.82, 2.24) is 5.16 Å². The molecule has 1 heterocycles. The number of hydrogen-bond donors (Lipinski definition) is 2. The van der Waals surface area contributed by atoms with E-state index in [0.717, 1.165) is 5.56 Å². The van der Waals surface area contributed by atoms with Gasteiger partial charge in [0.2, 0.25) is 0 Å². The number of aryl methyl sites for hydroxylation is 1. The van der Waals surface area contributed by atoms with Gasteiger partial charge in [-0.15, -0.1) is 0 Å². The van der Waals surface area contributed by atoms with Crippen molar-refractivity contribution >= 4 is 17.4 Å². The van der Waals surface area contributed by atoms with Gasteiger partial charge in [-0.25, -0.2) is 0 Å². The summed E-state index contributed by atoms with van der Waals surface area (Å²) in [7, 11) is 0. The molecular formula is C11H11N3O2. The molecule has 2 aromatic rings. The minimum Gasteiger partial charge on any atom is -0.398 e. The molecule has 1 amide bonds. The second kappa shape index (κ2) is 4.06. The molecule has 0 radical (unpaired) electrons. The molecule has 82 valence electrons. The summed E-state index contributed by atoms with van der Waals surface area (Å²) in [6.07, 6.45) is 1.39. The van der Waals surface area contributed by atoms with Crippen LogP contribution in [0.3, 0.4) is 0 Å². The maximum absolute atomic E-state index is 11.7. The zero-order chi connectivity index (χ0) is 11.5.